The molecule has 0 unspecified atom stereocenters. The zero-order valence-electron chi connectivity index (χ0n) is 11.6. The maximum absolute atomic E-state index is 13.2. The third-order valence-electron chi connectivity index (χ3n) is 2.86. The molecule has 23 heavy (non-hydrogen) atoms. The van der Waals surface area contributed by atoms with Crippen LogP contribution in [0.2, 0.25) is 10.0 Å². The van der Waals surface area contributed by atoms with Crippen molar-refractivity contribution in [3.8, 4) is 0 Å². The van der Waals surface area contributed by atoms with Crippen LogP contribution >= 0.6 is 23.2 Å². The molecule has 0 aliphatic carbocycles. The molecule has 8 heteroatoms. The number of hydrogen-bond donors (Lipinski definition) is 2. The van der Waals surface area contributed by atoms with Gasteiger partial charge in [-0.3, -0.25) is 0 Å². The molecule has 0 amide bonds. The lowest BCUT2D eigenvalue weighted by Crippen LogP contribution is -2.03. The lowest BCUT2D eigenvalue weighted by atomic mass is 10.3. The van der Waals surface area contributed by atoms with E-state index in [2.05, 4.69) is 25.8 Å². The summed E-state index contributed by atoms with van der Waals surface area (Å²) in [7, 11) is 0. The minimum Gasteiger partial charge on any atom is -0.339 e. The maximum Gasteiger partial charge on any atom is 0.249 e. The molecule has 0 aliphatic heterocycles. The Morgan fingerprint density at radius 3 is 2.43 bits per heavy atom. The number of para-hydroxylation sites is 1. The third kappa shape index (κ3) is 3.85. The molecule has 0 aliphatic rings. The van der Waals surface area contributed by atoms with E-state index >= 15 is 0 Å². The van der Waals surface area contributed by atoms with Crippen molar-refractivity contribution in [2.24, 2.45) is 0 Å². The Hall–Kier alpha value is -2.44. The van der Waals surface area contributed by atoms with Crippen LogP contribution in [0.1, 0.15) is 0 Å². The van der Waals surface area contributed by atoms with E-state index in [-0.39, 0.29) is 11.8 Å². The molecule has 2 aromatic carbocycles. The van der Waals surface area contributed by atoms with E-state index in [0.29, 0.717) is 27.2 Å². The van der Waals surface area contributed by atoms with Gasteiger partial charge in [0.15, 0.2) is 5.82 Å². The van der Waals surface area contributed by atoms with Crippen LogP contribution < -0.4 is 10.6 Å². The van der Waals surface area contributed by atoms with Crippen LogP contribution in [0.5, 0.6) is 0 Å². The van der Waals surface area contributed by atoms with Gasteiger partial charge >= 0.3 is 0 Å². The van der Waals surface area contributed by atoms with Crippen LogP contribution in [0.15, 0.2) is 48.7 Å². The molecule has 1 aromatic heterocycles. The number of rotatable bonds is 4. The summed E-state index contributed by atoms with van der Waals surface area (Å²) in [5.41, 5.74) is 1.03. The van der Waals surface area contributed by atoms with Crippen molar-refractivity contribution in [2.75, 3.05) is 10.6 Å². The first kappa shape index (κ1) is 15.5. The van der Waals surface area contributed by atoms with Gasteiger partial charge in [-0.15, -0.1) is 5.10 Å². The van der Waals surface area contributed by atoms with Gasteiger partial charge in [-0.2, -0.15) is 10.1 Å². The predicted molar refractivity (Wildman–Crippen MR) is 89.3 cm³/mol. The average Bonchev–Trinajstić information content (AvgIpc) is 2.52. The Balaban J connectivity index is 1.83. The zero-order valence-corrected chi connectivity index (χ0v) is 13.1. The van der Waals surface area contributed by atoms with Gasteiger partial charge < -0.3 is 10.6 Å². The van der Waals surface area contributed by atoms with Gasteiger partial charge in [-0.25, -0.2) is 4.39 Å². The molecular formula is C15H10Cl2FN5. The maximum atomic E-state index is 13.2. The quantitative estimate of drug-likeness (QED) is 0.707. The molecule has 3 aromatic rings. The van der Waals surface area contributed by atoms with E-state index in [1.54, 1.807) is 30.3 Å². The number of nitrogens with zero attached hydrogens (tertiary/aromatic N) is 3. The van der Waals surface area contributed by atoms with Crippen molar-refractivity contribution in [1.29, 1.82) is 0 Å². The van der Waals surface area contributed by atoms with Crippen molar-refractivity contribution < 1.29 is 4.39 Å². The van der Waals surface area contributed by atoms with Gasteiger partial charge in [0.05, 0.1) is 21.9 Å². The molecule has 0 saturated carbocycles. The number of halogens is 3. The standard InChI is InChI=1S/C15H10Cl2FN5/c16-11-5-2-6-12(17)14(11)22-15-21-13(8-19-23-15)20-10-4-1-3-9(18)7-10/h1-8H,(H2,20,21,22,23). The molecule has 1 heterocycles. The van der Waals surface area contributed by atoms with E-state index in [1.807, 2.05) is 0 Å². The first-order valence-corrected chi connectivity index (χ1v) is 7.31. The molecule has 2 N–H and O–H groups in total. The largest absolute Gasteiger partial charge is 0.339 e. The Morgan fingerprint density at radius 1 is 0.957 bits per heavy atom. The van der Waals surface area contributed by atoms with E-state index in [1.165, 1.54) is 18.3 Å². The van der Waals surface area contributed by atoms with Gasteiger partial charge in [0.2, 0.25) is 5.95 Å². The fraction of sp³-hybridized carbons (Fsp3) is 0. The van der Waals surface area contributed by atoms with E-state index in [9.17, 15) is 4.39 Å². The van der Waals surface area contributed by atoms with Crippen LogP contribution in [0.4, 0.5) is 27.5 Å². The van der Waals surface area contributed by atoms with E-state index in [0.717, 1.165) is 0 Å². The summed E-state index contributed by atoms with van der Waals surface area (Å²) < 4.78 is 13.2. The minimum atomic E-state index is -0.349. The smallest absolute Gasteiger partial charge is 0.249 e. The Labute approximate surface area is 141 Å². The summed E-state index contributed by atoms with van der Waals surface area (Å²) in [5.74, 6) is 0.260. The lowest BCUT2D eigenvalue weighted by Gasteiger charge is -2.10. The van der Waals surface area contributed by atoms with Gasteiger partial charge in [-0.1, -0.05) is 35.3 Å². The number of benzene rings is 2. The van der Waals surface area contributed by atoms with Crippen molar-refractivity contribution >= 4 is 46.3 Å². The monoisotopic (exact) mass is 349 g/mol. The fourth-order valence-corrected chi connectivity index (χ4v) is 2.35. The van der Waals surface area contributed by atoms with Crippen molar-refractivity contribution in [3.63, 3.8) is 0 Å². The van der Waals surface area contributed by atoms with Gasteiger partial charge in [0.1, 0.15) is 5.82 Å². The number of aromatic nitrogens is 3. The number of hydrogen-bond acceptors (Lipinski definition) is 5. The molecule has 5 nitrogen and oxygen atoms in total. The minimum absolute atomic E-state index is 0.210. The highest BCUT2D eigenvalue weighted by Crippen LogP contribution is 2.31. The second-order valence-corrected chi connectivity index (χ2v) is 5.34. The summed E-state index contributed by atoms with van der Waals surface area (Å²) >= 11 is 12.2. The summed E-state index contributed by atoms with van der Waals surface area (Å²) in [6.45, 7) is 0. The topological polar surface area (TPSA) is 62.7 Å². The Bertz CT molecular complexity index is 823. The van der Waals surface area contributed by atoms with Crippen molar-refractivity contribution in [2.45, 2.75) is 0 Å². The Kier molecular flexibility index (Phi) is 4.55. The van der Waals surface area contributed by atoms with Crippen molar-refractivity contribution in [3.05, 3.63) is 64.5 Å². The zero-order chi connectivity index (χ0) is 16.2. The van der Waals surface area contributed by atoms with E-state index in [4.69, 9.17) is 23.2 Å². The highest BCUT2D eigenvalue weighted by Gasteiger charge is 2.08. The fourth-order valence-electron chi connectivity index (χ4n) is 1.86. The summed E-state index contributed by atoms with van der Waals surface area (Å²) in [6.07, 6.45) is 1.42. The second kappa shape index (κ2) is 6.76. The first-order valence-electron chi connectivity index (χ1n) is 6.55. The molecule has 0 bridgehead atoms. The SMILES string of the molecule is Fc1cccc(Nc2cnnc(Nc3c(Cl)cccc3Cl)n2)c1. The molecule has 0 saturated heterocycles. The number of nitrogens with one attached hydrogen (secondary N) is 2. The normalized spacial score (nSPS) is 10.4. The first-order chi connectivity index (χ1) is 11.1. The summed E-state index contributed by atoms with van der Waals surface area (Å²) in [5, 5.41) is 14.4. The van der Waals surface area contributed by atoms with Crippen LogP contribution in [-0.2, 0) is 0 Å². The predicted octanol–water partition coefficient (Wildman–Crippen LogP) is 4.80. The summed E-state index contributed by atoms with van der Waals surface area (Å²) in [6, 6.07) is 11.1. The van der Waals surface area contributed by atoms with Crippen LogP contribution in [0.3, 0.4) is 0 Å². The Morgan fingerprint density at radius 2 is 1.70 bits per heavy atom. The van der Waals surface area contributed by atoms with Gasteiger partial charge in [-0.05, 0) is 30.3 Å². The molecule has 0 atom stereocenters. The van der Waals surface area contributed by atoms with Crippen LogP contribution in [0, 0.1) is 5.82 Å². The lowest BCUT2D eigenvalue weighted by molar-refractivity contribution is 0.628. The van der Waals surface area contributed by atoms with Crippen LogP contribution in [0.25, 0.3) is 0 Å². The molecule has 0 fully saturated rings. The van der Waals surface area contributed by atoms with Gasteiger partial charge in [0.25, 0.3) is 0 Å². The molecule has 116 valence electrons. The van der Waals surface area contributed by atoms with Crippen molar-refractivity contribution in [1.82, 2.24) is 15.2 Å². The second-order valence-electron chi connectivity index (χ2n) is 4.52. The van der Waals surface area contributed by atoms with E-state index < -0.39 is 0 Å². The highest BCUT2D eigenvalue weighted by molar-refractivity contribution is 6.39. The molecular weight excluding hydrogens is 340 g/mol. The van der Waals surface area contributed by atoms with Gasteiger partial charge in [0, 0.05) is 5.69 Å². The van der Waals surface area contributed by atoms with Crippen LogP contribution in [-0.4, -0.2) is 15.2 Å². The average molecular weight is 350 g/mol. The highest BCUT2D eigenvalue weighted by atomic mass is 35.5. The molecule has 0 spiro atoms. The number of anilines is 4. The summed E-state index contributed by atoms with van der Waals surface area (Å²) in [4.78, 5) is 4.24. The third-order valence-corrected chi connectivity index (χ3v) is 3.49. The molecule has 0 radical (unpaired) electrons. The molecule has 3 rings (SSSR count).